The number of hydrogen-bond acceptors (Lipinski definition) is 4. The van der Waals surface area contributed by atoms with Crippen molar-refractivity contribution in [2.75, 3.05) is 6.54 Å². The lowest BCUT2D eigenvalue weighted by molar-refractivity contribution is 0.0954. The van der Waals surface area contributed by atoms with Crippen molar-refractivity contribution < 1.29 is 15.0 Å². The Bertz CT molecular complexity index is 537. The molecule has 3 N–H and O–H groups in total. The highest BCUT2D eigenvalue weighted by Crippen LogP contribution is 2.24. The predicted octanol–water partition coefficient (Wildman–Crippen LogP) is 2.13. The molecule has 4 nitrogen and oxygen atoms in total. The fraction of sp³-hybridized carbons (Fsp3) is 0.154. The first-order valence-electron chi connectivity index (χ1n) is 5.48. The summed E-state index contributed by atoms with van der Waals surface area (Å²) < 4.78 is 0. The molecule has 1 amide bonds. The molecule has 1 aromatic heterocycles. The Morgan fingerprint density at radius 1 is 1.22 bits per heavy atom. The Kier molecular flexibility index (Phi) is 3.84. The van der Waals surface area contributed by atoms with Gasteiger partial charge in [-0.3, -0.25) is 4.79 Å². The molecule has 5 heteroatoms. The second-order valence-electron chi connectivity index (χ2n) is 3.84. The van der Waals surface area contributed by atoms with E-state index in [1.807, 2.05) is 5.38 Å². The number of rotatable bonds is 4. The second kappa shape index (κ2) is 5.55. The Hall–Kier alpha value is -2.01. The van der Waals surface area contributed by atoms with Crippen molar-refractivity contribution in [2.24, 2.45) is 0 Å². The van der Waals surface area contributed by atoms with Gasteiger partial charge >= 0.3 is 0 Å². The van der Waals surface area contributed by atoms with Gasteiger partial charge in [-0.1, -0.05) is 6.07 Å². The molecule has 0 bridgehead atoms. The van der Waals surface area contributed by atoms with Crippen LogP contribution in [0.2, 0.25) is 0 Å². The van der Waals surface area contributed by atoms with Crippen LogP contribution in [-0.4, -0.2) is 22.7 Å². The lowest BCUT2D eigenvalue weighted by Crippen LogP contribution is -2.25. The summed E-state index contributed by atoms with van der Waals surface area (Å²) in [6.07, 6.45) is 0.601. The predicted molar refractivity (Wildman–Crippen MR) is 70.1 cm³/mol. The number of aromatic hydroxyl groups is 2. The van der Waals surface area contributed by atoms with Gasteiger partial charge in [-0.25, -0.2) is 0 Å². The first-order valence-corrected chi connectivity index (χ1v) is 6.42. The van der Waals surface area contributed by atoms with E-state index < -0.39 is 0 Å². The van der Waals surface area contributed by atoms with Gasteiger partial charge in [0.25, 0.3) is 5.91 Å². The fourth-order valence-electron chi connectivity index (χ4n) is 1.54. The summed E-state index contributed by atoms with van der Waals surface area (Å²) in [5.74, 6) is -0.378. The van der Waals surface area contributed by atoms with Crippen LogP contribution in [0.5, 0.6) is 11.5 Å². The molecule has 0 fully saturated rings. The maximum absolute atomic E-state index is 11.6. The number of nitrogens with one attached hydrogen (secondary N) is 1. The highest BCUT2D eigenvalue weighted by atomic mass is 32.1. The number of amides is 1. The Balaban J connectivity index is 1.85. The lowest BCUT2D eigenvalue weighted by atomic mass is 10.1. The van der Waals surface area contributed by atoms with Gasteiger partial charge in [0.05, 0.1) is 0 Å². The van der Waals surface area contributed by atoms with E-state index >= 15 is 0 Å². The summed E-state index contributed by atoms with van der Waals surface area (Å²) in [5.41, 5.74) is 1.52. The Labute approximate surface area is 109 Å². The fourth-order valence-corrected chi connectivity index (χ4v) is 2.18. The summed E-state index contributed by atoms with van der Waals surface area (Å²) in [7, 11) is 0. The number of hydrogen-bond donors (Lipinski definition) is 3. The van der Waals surface area contributed by atoms with Crippen molar-refractivity contribution in [3.8, 4) is 11.5 Å². The Morgan fingerprint density at radius 2 is 2.06 bits per heavy atom. The van der Waals surface area contributed by atoms with Crippen LogP contribution in [-0.2, 0) is 6.42 Å². The van der Waals surface area contributed by atoms with Gasteiger partial charge in [-0.15, -0.1) is 0 Å². The molecule has 0 aliphatic carbocycles. The molecule has 1 heterocycles. The summed E-state index contributed by atoms with van der Waals surface area (Å²) in [6.45, 7) is 0.485. The molecule has 0 aliphatic heterocycles. The van der Waals surface area contributed by atoms with Crippen molar-refractivity contribution in [3.05, 3.63) is 46.2 Å². The van der Waals surface area contributed by atoms with Crippen LogP contribution in [0.25, 0.3) is 0 Å². The van der Waals surface area contributed by atoms with Gasteiger partial charge in [-0.2, -0.15) is 11.3 Å². The zero-order chi connectivity index (χ0) is 13.0. The molecule has 2 rings (SSSR count). The van der Waals surface area contributed by atoms with E-state index in [1.54, 1.807) is 17.5 Å². The van der Waals surface area contributed by atoms with Gasteiger partial charge in [0, 0.05) is 17.5 Å². The minimum absolute atomic E-state index is 0.0979. The van der Waals surface area contributed by atoms with Crippen LogP contribution < -0.4 is 5.32 Å². The van der Waals surface area contributed by atoms with Gasteiger partial charge in [0.2, 0.25) is 0 Å². The molecule has 0 spiro atoms. The highest BCUT2D eigenvalue weighted by molar-refractivity contribution is 7.08. The largest absolute Gasteiger partial charge is 0.504 e. The van der Waals surface area contributed by atoms with E-state index in [9.17, 15) is 9.90 Å². The molecule has 0 saturated heterocycles. The maximum atomic E-state index is 11.6. The summed E-state index contributed by atoms with van der Waals surface area (Å²) in [5, 5.41) is 24.9. The molecule has 0 atom stereocenters. The number of phenolic OH excluding ortho intramolecular Hbond substituents is 2. The van der Waals surface area contributed by atoms with Crippen molar-refractivity contribution in [1.82, 2.24) is 5.32 Å². The molecule has 94 valence electrons. The zero-order valence-electron chi connectivity index (χ0n) is 9.59. The first-order chi connectivity index (χ1) is 8.66. The van der Waals surface area contributed by atoms with Gasteiger partial charge in [0.15, 0.2) is 11.5 Å². The third-order valence-electron chi connectivity index (χ3n) is 2.52. The average Bonchev–Trinajstić information content (AvgIpc) is 2.87. The number of thiophene rings is 1. The van der Waals surface area contributed by atoms with Crippen molar-refractivity contribution in [2.45, 2.75) is 6.42 Å². The molecule has 0 saturated carbocycles. The van der Waals surface area contributed by atoms with Gasteiger partial charge in [-0.05, 0) is 35.6 Å². The number of phenols is 2. The quantitative estimate of drug-likeness (QED) is 0.740. The standard InChI is InChI=1S/C13H13NO3S/c15-11-2-1-9(7-12(11)16)3-5-14-13(17)10-4-6-18-8-10/h1-2,4,6-8,15-16H,3,5H2,(H,14,17). The van der Waals surface area contributed by atoms with E-state index in [1.165, 1.54) is 23.5 Å². The van der Waals surface area contributed by atoms with Crippen molar-refractivity contribution in [1.29, 1.82) is 0 Å². The van der Waals surface area contributed by atoms with E-state index in [2.05, 4.69) is 5.32 Å². The lowest BCUT2D eigenvalue weighted by Gasteiger charge is -2.05. The zero-order valence-corrected chi connectivity index (χ0v) is 10.4. The van der Waals surface area contributed by atoms with Gasteiger partial charge in [0.1, 0.15) is 0 Å². The molecule has 18 heavy (non-hydrogen) atoms. The van der Waals surface area contributed by atoms with Crippen LogP contribution in [0.4, 0.5) is 0 Å². The van der Waals surface area contributed by atoms with Crippen LogP contribution in [0.3, 0.4) is 0 Å². The summed E-state index contributed by atoms with van der Waals surface area (Å²) in [4.78, 5) is 11.6. The van der Waals surface area contributed by atoms with Crippen LogP contribution in [0, 0.1) is 0 Å². The van der Waals surface area contributed by atoms with Gasteiger partial charge < -0.3 is 15.5 Å². The first kappa shape index (κ1) is 12.4. The van der Waals surface area contributed by atoms with Crippen molar-refractivity contribution >= 4 is 17.2 Å². The third-order valence-corrected chi connectivity index (χ3v) is 3.21. The van der Waals surface area contributed by atoms with E-state index in [4.69, 9.17) is 5.11 Å². The number of benzene rings is 1. The maximum Gasteiger partial charge on any atom is 0.252 e. The van der Waals surface area contributed by atoms with Crippen LogP contribution in [0.15, 0.2) is 35.0 Å². The highest BCUT2D eigenvalue weighted by Gasteiger charge is 2.05. The molecular formula is C13H13NO3S. The second-order valence-corrected chi connectivity index (χ2v) is 4.62. The average molecular weight is 263 g/mol. The Morgan fingerprint density at radius 3 is 2.72 bits per heavy atom. The van der Waals surface area contributed by atoms with E-state index in [0.29, 0.717) is 18.5 Å². The number of carbonyl (C=O) groups is 1. The van der Waals surface area contributed by atoms with Crippen LogP contribution in [0.1, 0.15) is 15.9 Å². The molecular weight excluding hydrogens is 250 g/mol. The molecule has 0 aliphatic rings. The molecule has 0 radical (unpaired) electrons. The summed E-state index contributed by atoms with van der Waals surface area (Å²) in [6, 6.07) is 6.41. The van der Waals surface area contributed by atoms with E-state index in [0.717, 1.165) is 5.56 Å². The summed E-state index contributed by atoms with van der Waals surface area (Å²) >= 11 is 1.48. The third kappa shape index (κ3) is 3.01. The SMILES string of the molecule is O=C(NCCc1ccc(O)c(O)c1)c1ccsc1. The normalized spacial score (nSPS) is 10.2. The van der Waals surface area contributed by atoms with Crippen molar-refractivity contribution in [3.63, 3.8) is 0 Å². The molecule has 2 aromatic rings. The topological polar surface area (TPSA) is 69.6 Å². The minimum Gasteiger partial charge on any atom is -0.504 e. The molecule has 1 aromatic carbocycles. The van der Waals surface area contributed by atoms with Crippen LogP contribution >= 0.6 is 11.3 Å². The molecule has 0 unspecified atom stereocenters. The number of carbonyl (C=O) groups excluding carboxylic acids is 1. The smallest absolute Gasteiger partial charge is 0.252 e. The monoisotopic (exact) mass is 263 g/mol. The minimum atomic E-state index is -0.142. The van der Waals surface area contributed by atoms with E-state index in [-0.39, 0.29) is 17.4 Å².